The van der Waals surface area contributed by atoms with E-state index in [2.05, 4.69) is 19.8 Å². The van der Waals surface area contributed by atoms with Crippen LogP contribution in [-0.2, 0) is 27.2 Å². The molecule has 1 N–H and O–H groups in total. The second kappa shape index (κ2) is 10.0. The monoisotopic (exact) mass is 489 g/mol. The summed E-state index contributed by atoms with van der Waals surface area (Å²) in [7, 11) is -1.92. The van der Waals surface area contributed by atoms with Crippen LogP contribution in [0.5, 0.6) is 5.75 Å². The fraction of sp³-hybridized carbons (Fsp3) is 0.300. The van der Waals surface area contributed by atoms with Crippen molar-refractivity contribution < 1.29 is 31.5 Å². The Morgan fingerprint density at radius 2 is 2.03 bits per heavy atom. The summed E-state index contributed by atoms with van der Waals surface area (Å²) in [5, 5.41) is 2.43. The Morgan fingerprint density at radius 3 is 2.66 bits per heavy atom. The number of rotatable bonds is 10. The highest BCUT2D eigenvalue weighted by Crippen LogP contribution is 2.47. The number of nitrogens with one attached hydrogen (secondary N) is 1. The molecule has 0 saturated carbocycles. The summed E-state index contributed by atoms with van der Waals surface area (Å²) in [5.41, 5.74) is 1.01. The number of hydrogen-bond donors (Lipinski definition) is 1. The van der Waals surface area contributed by atoms with Gasteiger partial charge in [0.15, 0.2) is 0 Å². The van der Waals surface area contributed by atoms with Crippen molar-refractivity contribution in [3.8, 4) is 17.1 Å². The Morgan fingerprint density at radius 1 is 1.25 bits per heavy atom. The van der Waals surface area contributed by atoms with Crippen molar-refractivity contribution in [3.63, 3.8) is 0 Å². The van der Waals surface area contributed by atoms with Gasteiger partial charge in [-0.05, 0) is 47.9 Å². The van der Waals surface area contributed by atoms with Crippen molar-refractivity contribution in [1.29, 1.82) is 0 Å². The molecule has 1 aromatic heterocycles. The highest BCUT2D eigenvalue weighted by atomic mass is 35.5. The van der Waals surface area contributed by atoms with Gasteiger partial charge in [0.1, 0.15) is 11.6 Å². The lowest BCUT2D eigenvalue weighted by molar-refractivity contribution is 0.0551. The molecular weight excluding hydrogens is 470 g/mol. The topological polar surface area (TPSA) is 86.5 Å². The van der Waals surface area contributed by atoms with Gasteiger partial charge in [0.2, 0.25) is 5.82 Å². The standard InChI is InChI=1S/C20H20ClF3N3O4P/c1-3-30-32(28,25-11-13-5-4-6-16(9-13)29-2)12-15-8-7-14(10-17(15)22)18-26-19(31-27-18)20(21,23)24/h4-10H,3,11-12H2,1-2H3,(H,25,28). The molecule has 0 bridgehead atoms. The van der Waals surface area contributed by atoms with E-state index in [1.807, 2.05) is 6.07 Å². The lowest BCUT2D eigenvalue weighted by Crippen LogP contribution is -2.14. The third kappa shape index (κ3) is 6.10. The van der Waals surface area contributed by atoms with Crippen molar-refractivity contribution in [2.75, 3.05) is 13.7 Å². The number of methoxy groups -OCH3 is 1. The molecule has 0 aliphatic carbocycles. The molecule has 7 nitrogen and oxygen atoms in total. The zero-order valence-electron chi connectivity index (χ0n) is 17.1. The molecule has 0 saturated heterocycles. The minimum atomic E-state index is -3.83. The van der Waals surface area contributed by atoms with Crippen molar-refractivity contribution in [2.24, 2.45) is 0 Å². The smallest absolute Gasteiger partial charge is 0.400 e. The Kier molecular flexibility index (Phi) is 7.61. The summed E-state index contributed by atoms with van der Waals surface area (Å²) in [6.45, 7) is 2.05. The van der Waals surface area contributed by atoms with Crippen molar-refractivity contribution >= 4 is 19.1 Å². The van der Waals surface area contributed by atoms with E-state index in [0.717, 1.165) is 11.6 Å². The summed E-state index contributed by atoms with van der Waals surface area (Å²) in [4.78, 5) is 3.48. The number of benzene rings is 2. The predicted octanol–water partition coefficient (Wildman–Crippen LogP) is 5.69. The van der Waals surface area contributed by atoms with E-state index in [1.165, 1.54) is 12.1 Å². The summed E-state index contributed by atoms with van der Waals surface area (Å²) < 4.78 is 69.1. The van der Waals surface area contributed by atoms with Crippen LogP contribution in [0.4, 0.5) is 13.2 Å². The number of halogens is 4. The number of aromatic nitrogens is 2. The minimum Gasteiger partial charge on any atom is -0.497 e. The molecule has 0 radical (unpaired) electrons. The van der Waals surface area contributed by atoms with Gasteiger partial charge in [-0.25, -0.2) is 9.48 Å². The first kappa shape index (κ1) is 24.3. The normalized spacial score (nSPS) is 13.7. The second-order valence-corrected chi connectivity index (χ2v) is 9.38. The third-order valence-electron chi connectivity index (χ3n) is 4.35. The van der Waals surface area contributed by atoms with Crippen LogP contribution in [0.25, 0.3) is 11.4 Å². The van der Waals surface area contributed by atoms with E-state index < -0.39 is 24.6 Å². The summed E-state index contributed by atoms with van der Waals surface area (Å²) in [5.74, 6) is -1.43. The molecule has 12 heteroatoms. The van der Waals surface area contributed by atoms with E-state index in [9.17, 15) is 17.7 Å². The van der Waals surface area contributed by atoms with E-state index in [1.54, 1.807) is 32.2 Å². The van der Waals surface area contributed by atoms with Gasteiger partial charge in [-0.3, -0.25) is 4.57 Å². The van der Waals surface area contributed by atoms with Crippen molar-refractivity contribution in [2.45, 2.75) is 25.0 Å². The van der Waals surface area contributed by atoms with Crippen LogP contribution in [0.1, 0.15) is 23.9 Å². The zero-order valence-corrected chi connectivity index (χ0v) is 18.8. The Labute approximate surface area is 187 Å². The molecule has 3 aromatic rings. The highest BCUT2D eigenvalue weighted by Gasteiger charge is 2.36. The average Bonchev–Trinajstić information content (AvgIpc) is 3.25. The Hall–Kier alpha value is -2.39. The summed E-state index contributed by atoms with van der Waals surface area (Å²) in [6, 6.07) is 11.0. The molecule has 2 aromatic carbocycles. The van der Waals surface area contributed by atoms with E-state index in [0.29, 0.717) is 5.75 Å². The lowest BCUT2D eigenvalue weighted by atomic mass is 10.1. The second-order valence-electron chi connectivity index (χ2n) is 6.66. The number of nitrogens with zero attached hydrogens (tertiary/aromatic N) is 2. The number of ether oxygens (including phenoxy) is 1. The lowest BCUT2D eigenvalue weighted by Gasteiger charge is -2.20. The molecule has 32 heavy (non-hydrogen) atoms. The molecule has 0 fully saturated rings. The molecular formula is C20H20ClF3N3O4P. The summed E-state index contributed by atoms with van der Waals surface area (Å²) in [6.07, 6.45) is -0.228. The molecule has 1 heterocycles. The van der Waals surface area contributed by atoms with Gasteiger partial charge >= 0.3 is 11.3 Å². The van der Waals surface area contributed by atoms with E-state index in [4.69, 9.17) is 20.9 Å². The van der Waals surface area contributed by atoms with Crippen LogP contribution in [0.3, 0.4) is 0 Å². The molecule has 1 atom stereocenters. The molecule has 1 unspecified atom stereocenters. The van der Waals surface area contributed by atoms with E-state index >= 15 is 0 Å². The summed E-state index contributed by atoms with van der Waals surface area (Å²) >= 11 is 4.85. The maximum absolute atomic E-state index is 14.7. The SMILES string of the molecule is CCOP(=O)(Cc1ccc(-c2noc(C(F)(F)Cl)n2)cc1F)NCc1cccc(OC)c1. The molecule has 0 aliphatic rings. The maximum Gasteiger partial charge on any atom is 0.400 e. The van der Waals surface area contributed by atoms with Crippen LogP contribution < -0.4 is 9.82 Å². The van der Waals surface area contributed by atoms with Gasteiger partial charge in [-0.1, -0.05) is 29.4 Å². The molecule has 172 valence electrons. The van der Waals surface area contributed by atoms with Crippen LogP contribution in [-0.4, -0.2) is 23.9 Å². The first-order valence-corrected chi connectivity index (χ1v) is 11.6. The van der Waals surface area contributed by atoms with Gasteiger partial charge in [0.05, 0.1) is 19.9 Å². The van der Waals surface area contributed by atoms with Crippen molar-refractivity contribution in [3.05, 3.63) is 65.3 Å². The average molecular weight is 490 g/mol. The maximum atomic E-state index is 14.7. The number of hydrogen-bond acceptors (Lipinski definition) is 6. The first-order valence-electron chi connectivity index (χ1n) is 9.45. The van der Waals surface area contributed by atoms with Gasteiger partial charge in [-0.2, -0.15) is 13.8 Å². The van der Waals surface area contributed by atoms with Gasteiger partial charge in [0.25, 0.3) is 7.52 Å². The number of alkyl halides is 3. The van der Waals surface area contributed by atoms with Crippen LogP contribution in [0.15, 0.2) is 47.0 Å². The minimum absolute atomic E-state index is 0.0951. The quantitative estimate of drug-likeness (QED) is 0.289. The first-order chi connectivity index (χ1) is 15.1. The van der Waals surface area contributed by atoms with Crippen LogP contribution in [0.2, 0.25) is 0 Å². The highest BCUT2D eigenvalue weighted by molar-refractivity contribution is 7.56. The van der Waals surface area contributed by atoms with Crippen LogP contribution >= 0.6 is 19.1 Å². The Balaban J connectivity index is 1.76. The fourth-order valence-corrected chi connectivity index (χ4v) is 4.76. The zero-order chi connectivity index (χ0) is 23.4. The third-order valence-corrected chi connectivity index (χ3v) is 6.59. The van der Waals surface area contributed by atoms with Crippen molar-refractivity contribution in [1.82, 2.24) is 15.2 Å². The van der Waals surface area contributed by atoms with Gasteiger partial charge < -0.3 is 13.8 Å². The molecule has 3 rings (SSSR count). The van der Waals surface area contributed by atoms with E-state index in [-0.39, 0.29) is 36.3 Å². The predicted molar refractivity (Wildman–Crippen MR) is 112 cm³/mol. The molecule has 0 aliphatic heterocycles. The molecule has 0 spiro atoms. The van der Waals surface area contributed by atoms with Gasteiger partial charge in [0, 0.05) is 12.1 Å². The molecule has 0 amide bonds. The van der Waals surface area contributed by atoms with Gasteiger partial charge in [-0.15, -0.1) is 0 Å². The largest absolute Gasteiger partial charge is 0.497 e. The fourth-order valence-electron chi connectivity index (χ4n) is 2.84. The van der Waals surface area contributed by atoms with Crippen LogP contribution in [0, 0.1) is 5.82 Å². The Bertz CT molecular complexity index is 1120.